The SMILES string of the molecule is CC(CN(C)C1CCOCC1)C(N)c1ccccc1F. The fourth-order valence-corrected chi connectivity index (χ4v) is 2.89. The van der Waals surface area contributed by atoms with Gasteiger partial charge in [-0.25, -0.2) is 4.39 Å². The molecule has 0 aromatic heterocycles. The van der Waals surface area contributed by atoms with E-state index in [2.05, 4.69) is 18.9 Å². The molecular formula is C16H25FN2O. The second kappa shape index (κ2) is 7.16. The zero-order valence-electron chi connectivity index (χ0n) is 12.4. The Kier molecular flexibility index (Phi) is 5.52. The minimum Gasteiger partial charge on any atom is -0.381 e. The summed E-state index contributed by atoms with van der Waals surface area (Å²) in [6, 6.07) is 7.09. The fraction of sp³-hybridized carbons (Fsp3) is 0.625. The third kappa shape index (κ3) is 3.78. The normalized spacial score (nSPS) is 20.1. The number of nitrogens with two attached hydrogens (primary N) is 1. The van der Waals surface area contributed by atoms with Crippen LogP contribution in [0.2, 0.25) is 0 Å². The van der Waals surface area contributed by atoms with E-state index in [9.17, 15) is 4.39 Å². The molecule has 0 spiro atoms. The number of ether oxygens (including phenoxy) is 1. The summed E-state index contributed by atoms with van der Waals surface area (Å²) >= 11 is 0. The third-order valence-electron chi connectivity index (χ3n) is 4.27. The monoisotopic (exact) mass is 280 g/mol. The molecule has 2 atom stereocenters. The van der Waals surface area contributed by atoms with Crippen LogP contribution in [0.4, 0.5) is 4.39 Å². The summed E-state index contributed by atoms with van der Waals surface area (Å²) in [5.41, 5.74) is 6.84. The maximum atomic E-state index is 13.8. The van der Waals surface area contributed by atoms with Crippen LogP contribution < -0.4 is 5.73 Å². The second-order valence-corrected chi connectivity index (χ2v) is 5.81. The van der Waals surface area contributed by atoms with E-state index >= 15 is 0 Å². The van der Waals surface area contributed by atoms with E-state index in [0.29, 0.717) is 11.6 Å². The van der Waals surface area contributed by atoms with E-state index in [4.69, 9.17) is 10.5 Å². The van der Waals surface area contributed by atoms with Gasteiger partial charge in [-0.15, -0.1) is 0 Å². The highest BCUT2D eigenvalue weighted by molar-refractivity contribution is 5.21. The van der Waals surface area contributed by atoms with E-state index in [1.807, 2.05) is 6.07 Å². The average molecular weight is 280 g/mol. The van der Waals surface area contributed by atoms with Crippen LogP contribution in [0.15, 0.2) is 24.3 Å². The number of rotatable bonds is 5. The van der Waals surface area contributed by atoms with Gasteiger partial charge in [-0.2, -0.15) is 0 Å². The Morgan fingerprint density at radius 3 is 2.65 bits per heavy atom. The van der Waals surface area contributed by atoms with E-state index in [1.54, 1.807) is 12.1 Å². The molecule has 3 nitrogen and oxygen atoms in total. The van der Waals surface area contributed by atoms with Crippen LogP contribution in [-0.2, 0) is 4.74 Å². The summed E-state index contributed by atoms with van der Waals surface area (Å²) in [5, 5.41) is 0. The van der Waals surface area contributed by atoms with Crippen LogP contribution in [0.1, 0.15) is 31.4 Å². The number of hydrogen-bond acceptors (Lipinski definition) is 3. The van der Waals surface area contributed by atoms with E-state index < -0.39 is 0 Å². The second-order valence-electron chi connectivity index (χ2n) is 5.81. The van der Waals surface area contributed by atoms with Crippen LogP contribution in [-0.4, -0.2) is 37.7 Å². The molecule has 4 heteroatoms. The summed E-state index contributed by atoms with van der Waals surface area (Å²) in [7, 11) is 2.13. The molecule has 1 fully saturated rings. The van der Waals surface area contributed by atoms with Gasteiger partial charge >= 0.3 is 0 Å². The molecule has 1 aromatic carbocycles. The van der Waals surface area contributed by atoms with Crippen molar-refractivity contribution >= 4 is 0 Å². The highest BCUT2D eigenvalue weighted by Crippen LogP contribution is 2.24. The van der Waals surface area contributed by atoms with Crippen molar-refractivity contribution in [2.24, 2.45) is 11.7 Å². The molecule has 1 aromatic rings. The lowest BCUT2D eigenvalue weighted by molar-refractivity contribution is 0.0378. The van der Waals surface area contributed by atoms with Crippen molar-refractivity contribution in [2.75, 3.05) is 26.8 Å². The van der Waals surface area contributed by atoms with E-state index in [0.717, 1.165) is 32.6 Å². The average Bonchev–Trinajstić information content (AvgIpc) is 2.48. The highest BCUT2D eigenvalue weighted by atomic mass is 19.1. The smallest absolute Gasteiger partial charge is 0.127 e. The molecule has 0 radical (unpaired) electrons. The van der Waals surface area contributed by atoms with Gasteiger partial charge in [0.05, 0.1) is 0 Å². The van der Waals surface area contributed by atoms with Crippen LogP contribution in [0, 0.1) is 11.7 Å². The molecule has 20 heavy (non-hydrogen) atoms. The van der Waals surface area contributed by atoms with Crippen molar-refractivity contribution < 1.29 is 9.13 Å². The summed E-state index contributed by atoms with van der Waals surface area (Å²) in [6.45, 7) is 4.64. The molecule has 1 aliphatic heterocycles. The van der Waals surface area contributed by atoms with Gasteiger partial charge in [0, 0.05) is 37.4 Å². The largest absolute Gasteiger partial charge is 0.381 e. The van der Waals surface area contributed by atoms with Gasteiger partial charge in [0.2, 0.25) is 0 Å². The number of benzene rings is 1. The lowest BCUT2D eigenvalue weighted by Crippen LogP contribution is -2.41. The molecule has 2 N–H and O–H groups in total. The quantitative estimate of drug-likeness (QED) is 0.901. The summed E-state index contributed by atoms with van der Waals surface area (Å²) in [6.07, 6.45) is 2.14. The molecule has 1 aliphatic rings. The minimum atomic E-state index is -0.265. The van der Waals surface area contributed by atoms with Crippen molar-refractivity contribution in [3.63, 3.8) is 0 Å². The van der Waals surface area contributed by atoms with Crippen molar-refractivity contribution in [1.29, 1.82) is 0 Å². The maximum Gasteiger partial charge on any atom is 0.127 e. The van der Waals surface area contributed by atoms with Gasteiger partial charge in [0.25, 0.3) is 0 Å². The fourth-order valence-electron chi connectivity index (χ4n) is 2.89. The first kappa shape index (κ1) is 15.4. The predicted octanol–water partition coefficient (Wildman–Crippen LogP) is 2.57. The van der Waals surface area contributed by atoms with Crippen LogP contribution in [0.3, 0.4) is 0 Å². The Bertz CT molecular complexity index is 421. The van der Waals surface area contributed by atoms with E-state index in [1.165, 1.54) is 6.07 Å². The van der Waals surface area contributed by atoms with Crippen molar-refractivity contribution in [2.45, 2.75) is 31.8 Å². The molecule has 0 amide bonds. The number of hydrogen-bond donors (Lipinski definition) is 1. The molecule has 112 valence electrons. The Hall–Kier alpha value is -0.970. The summed E-state index contributed by atoms with van der Waals surface area (Å²) in [5.74, 6) is 0.000291. The Labute approximate surface area is 120 Å². The first-order chi connectivity index (χ1) is 9.59. The molecular weight excluding hydrogens is 255 g/mol. The van der Waals surface area contributed by atoms with Gasteiger partial charge in [0.1, 0.15) is 5.82 Å². The number of nitrogens with zero attached hydrogens (tertiary/aromatic N) is 1. The topological polar surface area (TPSA) is 38.5 Å². The molecule has 2 unspecified atom stereocenters. The first-order valence-electron chi connectivity index (χ1n) is 7.37. The van der Waals surface area contributed by atoms with Gasteiger partial charge in [-0.3, -0.25) is 0 Å². The molecule has 0 saturated carbocycles. The lowest BCUT2D eigenvalue weighted by Gasteiger charge is -2.34. The Morgan fingerprint density at radius 2 is 2.00 bits per heavy atom. The summed E-state index contributed by atoms with van der Waals surface area (Å²) < 4.78 is 19.2. The standard InChI is InChI=1S/C16H25FN2O/c1-12(11-19(2)13-7-9-20-10-8-13)16(18)14-5-3-4-6-15(14)17/h3-6,12-13,16H,7-11,18H2,1-2H3. The molecule has 0 aliphatic carbocycles. The van der Waals surface area contributed by atoms with Crippen LogP contribution >= 0.6 is 0 Å². The van der Waals surface area contributed by atoms with Gasteiger partial charge in [-0.05, 0) is 31.9 Å². The zero-order valence-corrected chi connectivity index (χ0v) is 12.4. The highest BCUT2D eigenvalue weighted by Gasteiger charge is 2.24. The van der Waals surface area contributed by atoms with Crippen molar-refractivity contribution in [3.8, 4) is 0 Å². The van der Waals surface area contributed by atoms with Crippen molar-refractivity contribution in [3.05, 3.63) is 35.6 Å². The van der Waals surface area contributed by atoms with E-state index in [-0.39, 0.29) is 17.8 Å². The summed E-state index contributed by atoms with van der Waals surface area (Å²) in [4.78, 5) is 2.34. The number of halogens is 1. The first-order valence-corrected chi connectivity index (χ1v) is 7.37. The lowest BCUT2D eigenvalue weighted by atomic mass is 9.93. The third-order valence-corrected chi connectivity index (χ3v) is 4.27. The predicted molar refractivity (Wildman–Crippen MR) is 79.0 cm³/mol. The minimum absolute atomic E-state index is 0.208. The van der Waals surface area contributed by atoms with Crippen LogP contribution in [0.5, 0.6) is 0 Å². The van der Waals surface area contributed by atoms with Gasteiger partial charge in [-0.1, -0.05) is 25.1 Å². The van der Waals surface area contributed by atoms with Crippen LogP contribution in [0.25, 0.3) is 0 Å². The molecule has 0 bridgehead atoms. The molecule has 2 rings (SSSR count). The molecule has 1 heterocycles. The zero-order chi connectivity index (χ0) is 14.5. The Morgan fingerprint density at radius 1 is 1.35 bits per heavy atom. The van der Waals surface area contributed by atoms with Gasteiger partial charge in [0.15, 0.2) is 0 Å². The van der Waals surface area contributed by atoms with Crippen molar-refractivity contribution in [1.82, 2.24) is 4.90 Å². The molecule has 1 saturated heterocycles. The van der Waals surface area contributed by atoms with Gasteiger partial charge < -0.3 is 15.4 Å². The maximum absolute atomic E-state index is 13.8. The Balaban J connectivity index is 1.93.